The van der Waals surface area contributed by atoms with Crippen LogP contribution in [0.25, 0.3) is 0 Å². The molecule has 18 heavy (non-hydrogen) atoms. The lowest BCUT2D eigenvalue weighted by Gasteiger charge is -2.05. The summed E-state index contributed by atoms with van der Waals surface area (Å²) in [6.45, 7) is 2.15. The average Bonchev–Trinajstić information content (AvgIpc) is 2.92. The molecule has 0 aliphatic carbocycles. The van der Waals surface area contributed by atoms with Crippen LogP contribution in [-0.2, 0) is 6.42 Å². The van der Waals surface area contributed by atoms with Gasteiger partial charge in [0.15, 0.2) is 12.4 Å². The van der Waals surface area contributed by atoms with Gasteiger partial charge in [-0.3, -0.25) is 4.79 Å². The molecule has 3 nitrogen and oxygen atoms in total. The van der Waals surface area contributed by atoms with Crippen molar-refractivity contribution in [2.24, 2.45) is 0 Å². The molecule has 0 unspecified atom stereocenters. The Labute approximate surface area is 106 Å². The van der Waals surface area contributed by atoms with Crippen molar-refractivity contribution < 1.29 is 13.9 Å². The number of benzene rings is 1. The van der Waals surface area contributed by atoms with Crippen molar-refractivity contribution in [1.82, 2.24) is 0 Å². The third kappa shape index (κ3) is 3.23. The van der Waals surface area contributed by atoms with Gasteiger partial charge in [0.1, 0.15) is 5.75 Å². The zero-order valence-electron chi connectivity index (χ0n) is 10.4. The largest absolute Gasteiger partial charge is 0.485 e. The molecule has 0 fully saturated rings. The van der Waals surface area contributed by atoms with E-state index in [4.69, 9.17) is 9.15 Å². The van der Waals surface area contributed by atoms with Crippen LogP contribution >= 0.6 is 0 Å². The summed E-state index contributed by atoms with van der Waals surface area (Å²) in [4.78, 5) is 11.6. The second-order valence-electron chi connectivity index (χ2n) is 4.08. The number of carbonyl (C=O) groups is 1. The van der Waals surface area contributed by atoms with Crippen molar-refractivity contribution in [3.05, 3.63) is 54.0 Å². The van der Waals surface area contributed by atoms with Gasteiger partial charge in [0.05, 0.1) is 6.26 Å². The Kier molecular flexibility index (Phi) is 4.18. The van der Waals surface area contributed by atoms with E-state index in [-0.39, 0.29) is 12.4 Å². The summed E-state index contributed by atoms with van der Waals surface area (Å²) in [6, 6.07) is 11.1. The Balaban J connectivity index is 1.88. The van der Waals surface area contributed by atoms with Crippen LogP contribution in [0.4, 0.5) is 0 Å². The van der Waals surface area contributed by atoms with E-state index in [0.717, 1.165) is 12.8 Å². The quantitative estimate of drug-likeness (QED) is 0.730. The molecule has 0 saturated carbocycles. The first kappa shape index (κ1) is 12.4. The topological polar surface area (TPSA) is 39.4 Å². The predicted octanol–water partition coefficient (Wildman–Crippen LogP) is 3.49. The van der Waals surface area contributed by atoms with Crippen molar-refractivity contribution in [3.8, 4) is 5.75 Å². The normalized spacial score (nSPS) is 10.3. The Bertz CT molecular complexity index is 483. The van der Waals surface area contributed by atoms with Crippen LogP contribution in [0.5, 0.6) is 5.75 Å². The Hall–Kier alpha value is -2.03. The molecule has 2 aromatic rings. The van der Waals surface area contributed by atoms with Gasteiger partial charge in [-0.1, -0.05) is 25.5 Å². The summed E-state index contributed by atoms with van der Waals surface area (Å²) in [5.74, 6) is 0.880. The molecule has 1 heterocycles. The molecule has 0 amide bonds. The highest BCUT2D eigenvalue weighted by molar-refractivity contribution is 5.94. The minimum atomic E-state index is -0.155. The van der Waals surface area contributed by atoms with Gasteiger partial charge in [-0.2, -0.15) is 0 Å². The highest BCUT2D eigenvalue weighted by Crippen LogP contribution is 2.14. The first-order valence-electron chi connectivity index (χ1n) is 6.08. The van der Waals surface area contributed by atoms with Crippen molar-refractivity contribution in [2.45, 2.75) is 19.8 Å². The Morgan fingerprint density at radius 2 is 2.00 bits per heavy atom. The predicted molar refractivity (Wildman–Crippen MR) is 69.0 cm³/mol. The van der Waals surface area contributed by atoms with Crippen molar-refractivity contribution in [1.29, 1.82) is 0 Å². The molecule has 0 aliphatic heterocycles. The second-order valence-corrected chi connectivity index (χ2v) is 4.08. The van der Waals surface area contributed by atoms with Crippen molar-refractivity contribution in [3.63, 3.8) is 0 Å². The lowest BCUT2D eigenvalue weighted by molar-refractivity contribution is 0.0894. The fourth-order valence-corrected chi connectivity index (χ4v) is 1.70. The Morgan fingerprint density at radius 1 is 1.22 bits per heavy atom. The van der Waals surface area contributed by atoms with Gasteiger partial charge in [0, 0.05) is 0 Å². The SMILES string of the molecule is CCCc1ccc(OCC(=O)c2ccco2)cc1. The molecule has 94 valence electrons. The van der Waals surface area contributed by atoms with Crippen LogP contribution in [0.1, 0.15) is 29.5 Å². The van der Waals surface area contributed by atoms with Gasteiger partial charge in [0.25, 0.3) is 0 Å². The molecule has 0 N–H and O–H groups in total. The van der Waals surface area contributed by atoms with E-state index in [1.807, 2.05) is 24.3 Å². The summed E-state index contributed by atoms with van der Waals surface area (Å²) in [7, 11) is 0. The molecule has 0 atom stereocenters. The summed E-state index contributed by atoms with van der Waals surface area (Å²) in [5, 5.41) is 0. The molecule has 2 rings (SSSR count). The Morgan fingerprint density at radius 3 is 2.61 bits per heavy atom. The van der Waals surface area contributed by atoms with E-state index >= 15 is 0 Å². The van der Waals surface area contributed by atoms with Gasteiger partial charge < -0.3 is 9.15 Å². The number of aryl methyl sites for hydroxylation is 1. The van der Waals surface area contributed by atoms with E-state index in [1.165, 1.54) is 11.8 Å². The molecule has 1 aromatic carbocycles. The fourth-order valence-electron chi connectivity index (χ4n) is 1.70. The average molecular weight is 244 g/mol. The standard InChI is InChI=1S/C15H16O3/c1-2-4-12-6-8-13(9-7-12)18-11-14(16)15-5-3-10-17-15/h3,5-10H,2,4,11H2,1H3. The number of carbonyl (C=O) groups excluding carboxylic acids is 1. The van der Waals surface area contributed by atoms with E-state index in [1.54, 1.807) is 12.1 Å². The third-order valence-electron chi connectivity index (χ3n) is 2.63. The van der Waals surface area contributed by atoms with Gasteiger partial charge in [-0.15, -0.1) is 0 Å². The fraction of sp³-hybridized carbons (Fsp3) is 0.267. The van der Waals surface area contributed by atoms with Crippen molar-refractivity contribution in [2.75, 3.05) is 6.61 Å². The number of Topliss-reactive ketones (excluding diaryl/α,β-unsaturated/α-hetero) is 1. The number of hydrogen-bond donors (Lipinski definition) is 0. The molecular weight excluding hydrogens is 228 g/mol. The van der Waals surface area contributed by atoms with Gasteiger partial charge in [-0.05, 0) is 36.2 Å². The minimum absolute atomic E-state index is 0.000633. The molecule has 0 bridgehead atoms. The lowest BCUT2D eigenvalue weighted by atomic mass is 10.1. The zero-order valence-corrected chi connectivity index (χ0v) is 10.4. The first-order chi connectivity index (χ1) is 8.79. The summed E-state index contributed by atoms with van der Waals surface area (Å²) in [5.41, 5.74) is 1.28. The summed E-state index contributed by atoms with van der Waals surface area (Å²) < 4.78 is 10.4. The highest BCUT2D eigenvalue weighted by atomic mass is 16.5. The molecular formula is C15H16O3. The van der Waals surface area contributed by atoms with E-state index < -0.39 is 0 Å². The van der Waals surface area contributed by atoms with Crippen molar-refractivity contribution >= 4 is 5.78 Å². The minimum Gasteiger partial charge on any atom is -0.485 e. The van der Waals surface area contributed by atoms with Crippen LogP contribution < -0.4 is 4.74 Å². The first-order valence-corrected chi connectivity index (χ1v) is 6.08. The van der Waals surface area contributed by atoms with E-state index in [9.17, 15) is 4.79 Å². The molecule has 0 aliphatic rings. The maximum absolute atomic E-state index is 11.6. The van der Waals surface area contributed by atoms with Crippen LogP contribution in [0.15, 0.2) is 47.1 Å². The lowest BCUT2D eigenvalue weighted by Crippen LogP contribution is -2.10. The summed E-state index contributed by atoms with van der Waals surface area (Å²) >= 11 is 0. The molecule has 3 heteroatoms. The van der Waals surface area contributed by atoms with Crippen LogP contribution in [0.2, 0.25) is 0 Å². The number of furan rings is 1. The number of rotatable bonds is 6. The van der Waals surface area contributed by atoms with Crippen LogP contribution in [0, 0.1) is 0 Å². The molecule has 0 radical (unpaired) electrons. The summed E-state index contributed by atoms with van der Waals surface area (Å²) in [6.07, 6.45) is 3.66. The highest BCUT2D eigenvalue weighted by Gasteiger charge is 2.09. The van der Waals surface area contributed by atoms with Gasteiger partial charge in [-0.25, -0.2) is 0 Å². The van der Waals surface area contributed by atoms with Gasteiger partial charge in [0.2, 0.25) is 5.78 Å². The number of ketones is 1. The van der Waals surface area contributed by atoms with Crippen LogP contribution in [-0.4, -0.2) is 12.4 Å². The maximum Gasteiger partial charge on any atom is 0.235 e. The van der Waals surface area contributed by atoms with Crippen LogP contribution in [0.3, 0.4) is 0 Å². The van der Waals surface area contributed by atoms with E-state index in [2.05, 4.69) is 6.92 Å². The van der Waals surface area contributed by atoms with E-state index in [0.29, 0.717) is 11.5 Å². The molecule has 0 spiro atoms. The monoisotopic (exact) mass is 244 g/mol. The van der Waals surface area contributed by atoms with Gasteiger partial charge >= 0.3 is 0 Å². The smallest absolute Gasteiger partial charge is 0.235 e. The zero-order chi connectivity index (χ0) is 12.8. The third-order valence-corrected chi connectivity index (χ3v) is 2.63. The maximum atomic E-state index is 11.6. The molecule has 0 saturated heterocycles. The number of hydrogen-bond acceptors (Lipinski definition) is 3. The molecule has 1 aromatic heterocycles. The number of ether oxygens (including phenoxy) is 1. The second kappa shape index (κ2) is 6.05.